The summed E-state index contributed by atoms with van der Waals surface area (Å²) in [6, 6.07) is 18.2. The predicted octanol–water partition coefficient (Wildman–Crippen LogP) is 3.71. The minimum Gasteiger partial charge on any atom is -0.422 e. The molecule has 0 radical (unpaired) electrons. The Hall–Kier alpha value is -3.34. The Morgan fingerprint density at radius 3 is 2.24 bits per heavy atom. The quantitative estimate of drug-likeness (QED) is 0.194. The lowest BCUT2D eigenvalue weighted by Gasteiger charge is -2.08. The third-order valence-corrected chi connectivity index (χ3v) is 6.52. The van der Waals surface area contributed by atoms with E-state index in [9.17, 15) is 18.0 Å². The highest BCUT2D eigenvalue weighted by Gasteiger charge is 2.15. The van der Waals surface area contributed by atoms with E-state index in [-0.39, 0.29) is 10.6 Å². The molecule has 3 rings (SSSR count). The number of esters is 1. The Bertz CT molecular complexity index is 1320. The fourth-order valence-electron chi connectivity index (χ4n) is 2.74. The lowest BCUT2D eigenvalue weighted by atomic mass is 10.1. The summed E-state index contributed by atoms with van der Waals surface area (Å²) < 4.78 is 33.0. The first-order valence-electron chi connectivity index (χ1n) is 10.1. The highest BCUT2D eigenvalue weighted by atomic mass is 79.9. The van der Waals surface area contributed by atoms with Crippen LogP contribution in [0.25, 0.3) is 0 Å². The zero-order valence-corrected chi connectivity index (χ0v) is 20.8. The lowest BCUT2D eigenvalue weighted by molar-refractivity contribution is -0.119. The maximum absolute atomic E-state index is 12.4. The summed E-state index contributed by atoms with van der Waals surface area (Å²) in [4.78, 5) is 24.6. The van der Waals surface area contributed by atoms with Crippen molar-refractivity contribution in [1.29, 1.82) is 0 Å². The van der Waals surface area contributed by atoms with Crippen molar-refractivity contribution in [3.05, 3.63) is 93.5 Å². The molecule has 0 heterocycles. The summed E-state index contributed by atoms with van der Waals surface area (Å²) >= 11 is 3.34. The van der Waals surface area contributed by atoms with Gasteiger partial charge in [-0.1, -0.05) is 51.3 Å². The summed E-state index contributed by atoms with van der Waals surface area (Å²) in [5.74, 6) is -0.960. The van der Waals surface area contributed by atoms with Gasteiger partial charge in [-0.2, -0.15) is 5.10 Å². The van der Waals surface area contributed by atoms with Crippen LogP contribution in [0.4, 0.5) is 0 Å². The largest absolute Gasteiger partial charge is 0.422 e. The molecular weight excluding hydrogens is 522 g/mol. The molecule has 0 fully saturated rings. The second-order valence-electron chi connectivity index (χ2n) is 7.37. The number of nitrogens with one attached hydrogen (secondary N) is 2. The number of carbonyl (C=O) groups is 2. The van der Waals surface area contributed by atoms with E-state index in [0.717, 1.165) is 11.1 Å². The van der Waals surface area contributed by atoms with E-state index in [1.54, 1.807) is 42.5 Å². The van der Waals surface area contributed by atoms with E-state index >= 15 is 0 Å². The highest BCUT2D eigenvalue weighted by molar-refractivity contribution is 9.10. The first kappa shape index (κ1) is 25.3. The third-order valence-electron chi connectivity index (χ3n) is 4.61. The Kier molecular flexibility index (Phi) is 8.32. The molecule has 0 bridgehead atoms. The van der Waals surface area contributed by atoms with Crippen molar-refractivity contribution in [2.45, 2.75) is 18.7 Å². The van der Waals surface area contributed by atoms with Crippen LogP contribution in [0.3, 0.4) is 0 Å². The van der Waals surface area contributed by atoms with E-state index in [1.807, 2.05) is 26.0 Å². The highest BCUT2D eigenvalue weighted by Crippen LogP contribution is 2.23. The van der Waals surface area contributed by atoms with Crippen molar-refractivity contribution >= 4 is 44.0 Å². The molecule has 8 nitrogen and oxygen atoms in total. The molecule has 0 aliphatic rings. The zero-order chi connectivity index (χ0) is 24.7. The Balaban J connectivity index is 1.62. The van der Waals surface area contributed by atoms with Crippen LogP contribution in [0.15, 0.2) is 81.2 Å². The number of amides is 1. The summed E-state index contributed by atoms with van der Waals surface area (Å²) in [6.45, 7) is 3.26. The van der Waals surface area contributed by atoms with E-state index in [0.29, 0.717) is 15.6 Å². The SMILES string of the molecule is Cc1ccc(C(=O)Oc2ccc(Br)cc2/C=N\NC(=O)CNS(=O)(=O)c2ccc(C)cc2)cc1. The van der Waals surface area contributed by atoms with Gasteiger partial charge in [0.2, 0.25) is 10.0 Å². The standard InChI is InChI=1S/C24H22BrN3O5S/c1-16-3-7-18(8-4-16)24(30)33-22-12-9-20(25)13-19(22)14-26-28-23(29)15-27-34(31,32)21-10-5-17(2)6-11-21/h3-14,27H,15H2,1-2H3,(H,28,29)/b26-14-. The van der Waals surface area contributed by atoms with Crippen molar-refractivity contribution < 1.29 is 22.7 Å². The Labute approximate surface area is 206 Å². The molecule has 0 saturated heterocycles. The van der Waals surface area contributed by atoms with Gasteiger partial charge in [-0.3, -0.25) is 4.79 Å². The van der Waals surface area contributed by atoms with Crippen LogP contribution in [-0.4, -0.2) is 33.1 Å². The number of rotatable bonds is 8. The molecule has 1 amide bonds. The number of hydrazone groups is 1. The zero-order valence-electron chi connectivity index (χ0n) is 18.4. The van der Waals surface area contributed by atoms with Crippen LogP contribution < -0.4 is 14.9 Å². The summed E-state index contributed by atoms with van der Waals surface area (Å²) in [5, 5.41) is 3.85. The third kappa shape index (κ3) is 7.08. The van der Waals surface area contributed by atoms with Crippen LogP contribution in [-0.2, 0) is 14.8 Å². The van der Waals surface area contributed by atoms with Crippen LogP contribution in [0.2, 0.25) is 0 Å². The van der Waals surface area contributed by atoms with Crippen molar-refractivity contribution in [2.24, 2.45) is 5.10 Å². The van der Waals surface area contributed by atoms with E-state index in [2.05, 4.69) is 31.2 Å². The number of aryl methyl sites for hydroxylation is 2. The first-order chi connectivity index (χ1) is 16.1. The second-order valence-corrected chi connectivity index (χ2v) is 10.1. The molecular formula is C24H22BrN3O5S. The summed E-state index contributed by atoms with van der Waals surface area (Å²) in [7, 11) is -3.83. The fourth-order valence-corrected chi connectivity index (χ4v) is 4.10. The van der Waals surface area contributed by atoms with Crippen molar-refractivity contribution in [2.75, 3.05) is 6.54 Å². The topological polar surface area (TPSA) is 114 Å². The number of hydrogen-bond donors (Lipinski definition) is 2. The molecule has 2 N–H and O–H groups in total. The summed E-state index contributed by atoms with van der Waals surface area (Å²) in [5.41, 5.74) is 5.01. The number of sulfonamides is 1. The van der Waals surface area contributed by atoms with Crippen molar-refractivity contribution in [1.82, 2.24) is 10.1 Å². The van der Waals surface area contributed by atoms with Crippen molar-refractivity contribution in [3.63, 3.8) is 0 Å². The molecule has 0 saturated carbocycles. The average Bonchev–Trinajstić information content (AvgIpc) is 2.80. The number of halogens is 1. The normalized spacial score (nSPS) is 11.4. The van der Waals surface area contributed by atoms with Gasteiger partial charge in [0.15, 0.2) is 0 Å². The van der Waals surface area contributed by atoms with Gasteiger partial charge in [-0.05, 0) is 56.3 Å². The predicted molar refractivity (Wildman–Crippen MR) is 132 cm³/mol. The number of nitrogens with zero attached hydrogens (tertiary/aromatic N) is 1. The van der Waals surface area contributed by atoms with E-state index in [1.165, 1.54) is 18.3 Å². The molecule has 10 heteroatoms. The van der Waals surface area contributed by atoms with Gasteiger partial charge in [0, 0.05) is 10.0 Å². The maximum atomic E-state index is 12.4. The van der Waals surface area contributed by atoms with Gasteiger partial charge in [0.05, 0.1) is 23.2 Å². The van der Waals surface area contributed by atoms with Crippen LogP contribution in [0.5, 0.6) is 5.75 Å². The fraction of sp³-hybridized carbons (Fsp3) is 0.125. The molecule has 0 spiro atoms. The number of carbonyl (C=O) groups excluding carboxylic acids is 2. The number of benzene rings is 3. The van der Waals surface area contributed by atoms with Crippen molar-refractivity contribution in [3.8, 4) is 5.75 Å². The summed E-state index contributed by atoms with van der Waals surface area (Å²) in [6.07, 6.45) is 1.30. The maximum Gasteiger partial charge on any atom is 0.343 e. The van der Waals surface area contributed by atoms with Gasteiger partial charge < -0.3 is 4.74 Å². The molecule has 0 aromatic heterocycles. The second kappa shape index (κ2) is 11.2. The molecule has 3 aromatic carbocycles. The van der Waals surface area contributed by atoms with Gasteiger partial charge in [-0.15, -0.1) is 0 Å². The number of ether oxygens (including phenoxy) is 1. The van der Waals surface area contributed by atoms with Crippen LogP contribution in [0.1, 0.15) is 27.0 Å². The van der Waals surface area contributed by atoms with E-state index < -0.39 is 28.4 Å². The Morgan fingerprint density at radius 2 is 1.59 bits per heavy atom. The molecule has 0 aliphatic heterocycles. The molecule has 3 aromatic rings. The van der Waals surface area contributed by atoms with Crippen LogP contribution in [0, 0.1) is 13.8 Å². The number of hydrogen-bond acceptors (Lipinski definition) is 6. The van der Waals surface area contributed by atoms with Crippen LogP contribution >= 0.6 is 15.9 Å². The lowest BCUT2D eigenvalue weighted by Crippen LogP contribution is -2.34. The van der Waals surface area contributed by atoms with Gasteiger partial charge in [0.25, 0.3) is 5.91 Å². The molecule has 34 heavy (non-hydrogen) atoms. The molecule has 0 aliphatic carbocycles. The van der Waals surface area contributed by atoms with Gasteiger partial charge >= 0.3 is 5.97 Å². The van der Waals surface area contributed by atoms with E-state index in [4.69, 9.17) is 4.74 Å². The smallest absolute Gasteiger partial charge is 0.343 e. The first-order valence-corrected chi connectivity index (χ1v) is 12.4. The monoisotopic (exact) mass is 543 g/mol. The average molecular weight is 544 g/mol. The molecule has 0 atom stereocenters. The molecule has 0 unspecified atom stereocenters. The minimum absolute atomic E-state index is 0.0589. The molecule has 176 valence electrons. The minimum atomic E-state index is -3.83. The van der Waals surface area contributed by atoms with Gasteiger partial charge in [0.1, 0.15) is 5.75 Å². The van der Waals surface area contributed by atoms with Gasteiger partial charge in [-0.25, -0.2) is 23.4 Å². The Morgan fingerprint density at radius 1 is 0.971 bits per heavy atom.